The van der Waals surface area contributed by atoms with Crippen molar-refractivity contribution >= 4 is 15.7 Å². The molecule has 1 aliphatic carbocycles. The van der Waals surface area contributed by atoms with Crippen molar-refractivity contribution in [2.24, 2.45) is 5.41 Å². The SMILES string of the molecule is CCC(NC(=O)C1(CS(=O)(=O)Cc2ccccc2)CC1)C(O)c1nc(-c2ccccc2)no1. The minimum absolute atomic E-state index is 0.00236. The van der Waals surface area contributed by atoms with Crippen LogP contribution in [-0.2, 0) is 20.4 Å². The molecule has 174 valence electrons. The molecule has 0 bridgehead atoms. The van der Waals surface area contributed by atoms with E-state index in [1.807, 2.05) is 43.3 Å². The van der Waals surface area contributed by atoms with Crippen LogP contribution < -0.4 is 5.32 Å². The third kappa shape index (κ3) is 5.48. The van der Waals surface area contributed by atoms with Gasteiger partial charge in [-0.1, -0.05) is 72.7 Å². The van der Waals surface area contributed by atoms with E-state index in [-0.39, 0.29) is 23.3 Å². The predicted molar refractivity (Wildman–Crippen MR) is 123 cm³/mol. The molecule has 3 aromatic rings. The number of rotatable bonds is 10. The molecule has 9 heteroatoms. The zero-order valence-corrected chi connectivity index (χ0v) is 19.2. The Morgan fingerprint density at radius 3 is 2.36 bits per heavy atom. The van der Waals surface area contributed by atoms with Gasteiger partial charge in [0.1, 0.15) is 0 Å². The third-order valence-corrected chi connectivity index (χ3v) is 7.69. The summed E-state index contributed by atoms with van der Waals surface area (Å²) >= 11 is 0. The lowest BCUT2D eigenvalue weighted by atomic mass is 10.0. The molecule has 0 aliphatic heterocycles. The van der Waals surface area contributed by atoms with Crippen LogP contribution in [0.5, 0.6) is 0 Å². The van der Waals surface area contributed by atoms with Crippen molar-refractivity contribution in [2.45, 2.75) is 44.1 Å². The highest BCUT2D eigenvalue weighted by molar-refractivity contribution is 7.90. The first-order valence-electron chi connectivity index (χ1n) is 10.9. The van der Waals surface area contributed by atoms with Gasteiger partial charge in [-0.05, 0) is 24.8 Å². The number of aliphatic hydroxyl groups is 1. The average molecular weight is 470 g/mol. The molecule has 33 heavy (non-hydrogen) atoms. The highest BCUT2D eigenvalue weighted by atomic mass is 32.2. The van der Waals surface area contributed by atoms with Crippen LogP contribution in [-0.4, -0.2) is 41.4 Å². The van der Waals surface area contributed by atoms with Crippen LogP contribution in [0.1, 0.15) is 43.7 Å². The molecule has 1 fully saturated rings. The van der Waals surface area contributed by atoms with E-state index in [0.29, 0.717) is 30.7 Å². The highest BCUT2D eigenvalue weighted by Crippen LogP contribution is 2.47. The third-order valence-electron chi connectivity index (χ3n) is 5.93. The number of benzene rings is 2. The van der Waals surface area contributed by atoms with Gasteiger partial charge in [0.15, 0.2) is 15.9 Å². The van der Waals surface area contributed by atoms with Crippen molar-refractivity contribution in [3.05, 3.63) is 72.1 Å². The Bertz CT molecular complexity index is 1190. The molecule has 1 aromatic heterocycles. The Morgan fingerprint density at radius 2 is 1.76 bits per heavy atom. The van der Waals surface area contributed by atoms with E-state index < -0.39 is 27.4 Å². The lowest BCUT2D eigenvalue weighted by molar-refractivity contribution is -0.127. The Balaban J connectivity index is 1.41. The molecule has 2 aromatic carbocycles. The van der Waals surface area contributed by atoms with Crippen molar-refractivity contribution < 1.29 is 22.8 Å². The molecule has 2 N–H and O–H groups in total. The number of aliphatic hydroxyl groups excluding tert-OH is 1. The van der Waals surface area contributed by atoms with Gasteiger partial charge >= 0.3 is 0 Å². The zero-order chi connectivity index (χ0) is 23.5. The minimum atomic E-state index is -3.48. The normalized spacial score (nSPS) is 16.7. The molecule has 1 aliphatic rings. The topological polar surface area (TPSA) is 122 Å². The number of nitrogens with zero attached hydrogens (tertiary/aromatic N) is 2. The van der Waals surface area contributed by atoms with Crippen molar-refractivity contribution in [3.63, 3.8) is 0 Å². The van der Waals surface area contributed by atoms with E-state index in [1.54, 1.807) is 24.3 Å². The second-order valence-corrected chi connectivity index (χ2v) is 10.6. The van der Waals surface area contributed by atoms with Crippen molar-refractivity contribution in [2.75, 3.05) is 5.75 Å². The van der Waals surface area contributed by atoms with E-state index in [4.69, 9.17) is 4.52 Å². The van der Waals surface area contributed by atoms with Crippen LogP contribution in [0.2, 0.25) is 0 Å². The molecule has 0 spiro atoms. The quantitative estimate of drug-likeness (QED) is 0.468. The summed E-state index contributed by atoms with van der Waals surface area (Å²) in [7, 11) is -3.48. The smallest absolute Gasteiger partial charge is 0.257 e. The summed E-state index contributed by atoms with van der Waals surface area (Å²) in [5.74, 6) is -0.342. The molecule has 2 atom stereocenters. The Labute approximate surface area is 193 Å². The van der Waals surface area contributed by atoms with Crippen molar-refractivity contribution in [3.8, 4) is 11.4 Å². The van der Waals surface area contributed by atoms with Crippen LogP contribution in [0.4, 0.5) is 0 Å². The lowest BCUT2D eigenvalue weighted by Crippen LogP contribution is -2.44. The van der Waals surface area contributed by atoms with Crippen LogP contribution in [0.25, 0.3) is 11.4 Å². The summed E-state index contributed by atoms with van der Waals surface area (Å²) in [6, 6.07) is 17.5. The summed E-state index contributed by atoms with van der Waals surface area (Å²) in [5.41, 5.74) is 0.489. The standard InChI is InChI=1S/C24H27N3O5S/c1-2-19(20(28)22-26-21(27-32-22)18-11-7-4-8-12-18)25-23(29)24(13-14-24)16-33(30,31)15-17-9-5-3-6-10-17/h3-12,19-20,28H,2,13-16H2,1H3,(H,25,29). The number of hydrogen-bond acceptors (Lipinski definition) is 7. The van der Waals surface area contributed by atoms with Crippen LogP contribution in [0.15, 0.2) is 65.2 Å². The first-order valence-corrected chi connectivity index (χ1v) is 12.8. The average Bonchev–Trinajstić information content (AvgIpc) is 3.41. The first kappa shape index (κ1) is 23.1. The van der Waals surface area contributed by atoms with E-state index in [2.05, 4.69) is 15.5 Å². The van der Waals surface area contributed by atoms with Gasteiger partial charge in [-0.3, -0.25) is 4.79 Å². The van der Waals surface area contributed by atoms with Gasteiger partial charge in [0.2, 0.25) is 11.7 Å². The highest BCUT2D eigenvalue weighted by Gasteiger charge is 2.53. The molecule has 8 nitrogen and oxygen atoms in total. The Morgan fingerprint density at radius 1 is 1.12 bits per heavy atom. The van der Waals surface area contributed by atoms with Gasteiger partial charge in [0.05, 0.1) is 23.0 Å². The lowest BCUT2D eigenvalue weighted by Gasteiger charge is -2.23. The number of carbonyl (C=O) groups excluding carboxylic acids is 1. The summed E-state index contributed by atoms with van der Waals surface area (Å²) in [6.07, 6.45) is 0.194. The van der Waals surface area contributed by atoms with Crippen LogP contribution >= 0.6 is 0 Å². The maximum Gasteiger partial charge on any atom is 0.257 e. The van der Waals surface area contributed by atoms with Crippen molar-refractivity contribution in [1.29, 1.82) is 0 Å². The number of amides is 1. The molecule has 1 heterocycles. The summed E-state index contributed by atoms with van der Waals surface area (Å²) in [6.45, 7) is 1.81. The van der Waals surface area contributed by atoms with Crippen LogP contribution in [0.3, 0.4) is 0 Å². The molecule has 2 unspecified atom stereocenters. The fourth-order valence-electron chi connectivity index (χ4n) is 3.85. The first-order chi connectivity index (χ1) is 15.8. The number of hydrogen-bond donors (Lipinski definition) is 2. The van der Waals surface area contributed by atoms with E-state index >= 15 is 0 Å². The molecule has 4 rings (SSSR count). The molecule has 1 amide bonds. The molecule has 0 radical (unpaired) electrons. The summed E-state index contributed by atoms with van der Waals surface area (Å²) < 4.78 is 30.7. The van der Waals surface area contributed by atoms with Gasteiger partial charge in [0.25, 0.3) is 5.89 Å². The van der Waals surface area contributed by atoms with Gasteiger partial charge < -0.3 is 14.9 Å². The Kier molecular flexibility index (Phi) is 6.62. The molecule has 0 saturated heterocycles. The molecule has 1 saturated carbocycles. The van der Waals surface area contributed by atoms with Gasteiger partial charge in [0, 0.05) is 5.56 Å². The van der Waals surface area contributed by atoms with E-state index in [1.165, 1.54) is 0 Å². The number of carbonyl (C=O) groups is 1. The fraction of sp³-hybridized carbons (Fsp3) is 0.375. The second kappa shape index (κ2) is 9.44. The minimum Gasteiger partial charge on any atom is -0.381 e. The maximum absolute atomic E-state index is 13.0. The largest absolute Gasteiger partial charge is 0.381 e. The fourth-order valence-corrected chi connectivity index (χ4v) is 5.91. The zero-order valence-electron chi connectivity index (χ0n) is 18.3. The molecular weight excluding hydrogens is 442 g/mol. The number of nitrogens with one attached hydrogen (secondary N) is 1. The van der Waals surface area contributed by atoms with Crippen molar-refractivity contribution in [1.82, 2.24) is 15.5 Å². The van der Waals surface area contributed by atoms with Gasteiger partial charge in [-0.25, -0.2) is 8.42 Å². The van der Waals surface area contributed by atoms with Gasteiger partial charge in [-0.2, -0.15) is 4.98 Å². The summed E-state index contributed by atoms with van der Waals surface area (Å²) in [4.78, 5) is 17.3. The molecular formula is C24H27N3O5S. The second-order valence-electron chi connectivity index (χ2n) is 8.55. The Hall–Kier alpha value is -3.04. The number of sulfone groups is 1. The van der Waals surface area contributed by atoms with E-state index in [0.717, 1.165) is 5.56 Å². The van der Waals surface area contributed by atoms with Gasteiger partial charge in [-0.15, -0.1) is 0 Å². The van der Waals surface area contributed by atoms with Crippen LogP contribution in [0, 0.1) is 5.41 Å². The monoisotopic (exact) mass is 469 g/mol. The van der Waals surface area contributed by atoms with E-state index in [9.17, 15) is 18.3 Å². The summed E-state index contributed by atoms with van der Waals surface area (Å²) in [5, 5.41) is 17.5. The predicted octanol–water partition coefficient (Wildman–Crippen LogP) is 3.06. The number of aromatic nitrogens is 2. The maximum atomic E-state index is 13.0.